The van der Waals surface area contributed by atoms with Crippen LogP contribution in [0.3, 0.4) is 0 Å². The molecule has 0 spiro atoms. The highest BCUT2D eigenvalue weighted by molar-refractivity contribution is 7.88. The molecule has 1 unspecified atom stereocenters. The number of anilines is 1. The molecule has 0 bridgehead atoms. The van der Waals surface area contributed by atoms with Crippen molar-refractivity contribution in [2.45, 2.75) is 24.6 Å². The Bertz CT molecular complexity index is 742. The summed E-state index contributed by atoms with van der Waals surface area (Å²) in [5, 5.41) is 8.48. The molecule has 1 aliphatic rings. The second-order valence-corrected chi connectivity index (χ2v) is 6.90. The van der Waals surface area contributed by atoms with Crippen LogP contribution in [-0.4, -0.2) is 13.4 Å². The molecule has 2 aromatic rings. The summed E-state index contributed by atoms with van der Waals surface area (Å²) in [7, 11) is -3.48. The molecule has 1 aliphatic carbocycles. The summed E-state index contributed by atoms with van der Waals surface area (Å²) in [5.74, 6) is -0.138. The lowest BCUT2D eigenvalue weighted by Crippen LogP contribution is -2.14. The van der Waals surface area contributed by atoms with Gasteiger partial charge in [-0.3, -0.25) is 4.98 Å². The average Bonchev–Trinajstić information content (AvgIpc) is 2.83. The first-order chi connectivity index (χ1) is 10.0. The molecule has 1 aromatic heterocycles. The largest absolute Gasteiger partial charge is 0.377 e. The molecule has 3 rings (SSSR count). The molecule has 0 aliphatic heterocycles. The molecule has 0 radical (unpaired) electrons. The standard InChI is InChI=1S/C15H17N3O2S/c16-21(19,20)10-11-3-6-13(7-4-11)18-14-8-5-12-2-1-9-17-15(12)14/h1-4,6-7,9,14,18H,5,8,10H2,(H2,16,19,20). The molecule has 3 N–H and O–H groups in total. The van der Waals surface area contributed by atoms with E-state index in [1.165, 1.54) is 5.56 Å². The van der Waals surface area contributed by atoms with Crippen molar-refractivity contribution in [2.24, 2.45) is 5.14 Å². The Hall–Kier alpha value is -1.92. The number of benzene rings is 1. The van der Waals surface area contributed by atoms with Gasteiger partial charge in [0.2, 0.25) is 10.0 Å². The number of nitrogens with two attached hydrogens (primary N) is 1. The Kier molecular flexibility index (Phi) is 3.65. The predicted molar refractivity (Wildman–Crippen MR) is 82.2 cm³/mol. The smallest absolute Gasteiger partial charge is 0.213 e. The number of nitrogens with one attached hydrogen (secondary N) is 1. The van der Waals surface area contributed by atoms with Gasteiger partial charge in [0.1, 0.15) is 0 Å². The van der Waals surface area contributed by atoms with Crippen LogP contribution < -0.4 is 10.5 Å². The van der Waals surface area contributed by atoms with Crippen molar-refractivity contribution in [1.82, 2.24) is 4.98 Å². The number of primary sulfonamides is 1. The van der Waals surface area contributed by atoms with Crippen LogP contribution in [0.4, 0.5) is 5.69 Å². The minimum atomic E-state index is -3.48. The summed E-state index contributed by atoms with van der Waals surface area (Å²) in [6, 6.07) is 11.6. The average molecular weight is 303 g/mol. The van der Waals surface area contributed by atoms with Gasteiger partial charge in [0, 0.05) is 11.9 Å². The van der Waals surface area contributed by atoms with Gasteiger partial charge in [0.15, 0.2) is 0 Å². The zero-order valence-electron chi connectivity index (χ0n) is 11.5. The van der Waals surface area contributed by atoms with Crippen LogP contribution in [0.25, 0.3) is 0 Å². The topological polar surface area (TPSA) is 85.1 Å². The first-order valence-electron chi connectivity index (χ1n) is 6.81. The molecule has 1 atom stereocenters. The van der Waals surface area contributed by atoms with Gasteiger partial charge in [-0.1, -0.05) is 18.2 Å². The Morgan fingerprint density at radius 2 is 2.00 bits per heavy atom. The SMILES string of the molecule is NS(=O)(=O)Cc1ccc(NC2CCc3cccnc32)cc1. The van der Waals surface area contributed by atoms with Crippen molar-refractivity contribution in [3.8, 4) is 0 Å². The minimum Gasteiger partial charge on any atom is -0.377 e. The number of hydrogen-bond acceptors (Lipinski definition) is 4. The summed E-state index contributed by atoms with van der Waals surface area (Å²) in [4.78, 5) is 4.44. The molecule has 1 aromatic carbocycles. The van der Waals surface area contributed by atoms with Crippen LogP contribution in [0, 0.1) is 0 Å². The fraction of sp³-hybridized carbons (Fsp3) is 0.267. The van der Waals surface area contributed by atoms with Crippen LogP contribution >= 0.6 is 0 Å². The summed E-state index contributed by atoms with van der Waals surface area (Å²) < 4.78 is 22.1. The first-order valence-corrected chi connectivity index (χ1v) is 8.52. The van der Waals surface area contributed by atoms with E-state index < -0.39 is 10.0 Å². The van der Waals surface area contributed by atoms with Gasteiger partial charge in [0.05, 0.1) is 17.5 Å². The van der Waals surface area contributed by atoms with Gasteiger partial charge in [-0.15, -0.1) is 0 Å². The predicted octanol–water partition coefficient (Wildman–Crippen LogP) is 1.97. The third-order valence-electron chi connectivity index (χ3n) is 3.62. The molecule has 0 saturated heterocycles. The van der Waals surface area contributed by atoms with E-state index in [1.54, 1.807) is 12.1 Å². The van der Waals surface area contributed by atoms with E-state index in [0.717, 1.165) is 24.2 Å². The summed E-state index contributed by atoms with van der Waals surface area (Å²) in [6.45, 7) is 0. The third-order valence-corrected chi connectivity index (χ3v) is 4.36. The number of fused-ring (bicyclic) bond motifs is 1. The molecule has 0 saturated carbocycles. The third kappa shape index (κ3) is 3.40. The monoisotopic (exact) mass is 303 g/mol. The van der Waals surface area contributed by atoms with E-state index in [4.69, 9.17) is 5.14 Å². The Balaban J connectivity index is 1.72. The molecule has 6 heteroatoms. The number of hydrogen-bond donors (Lipinski definition) is 2. The van der Waals surface area contributed by atoms with Gasteiger partial charge in [-0.05, 0) is 42.2 Å². The molecule has 0 amide bonds. The first kappa shape index (κ1) is 14.0. The molecule has 0 fully saturated rings. The molecular weight excluding hydrogens is 286 g/mol. The van der Waals surface area contributed by atoms with Gasteiger partial charge < -0.3 is 5.32 Å². The molecular formula is C15H17N3O2S. The van der Waals surface area contributed by atoms with Crippen LogP contribution in [0.2, 0.25) is 0 Å². The number of sulfonamides is 1. The fourth-order valence-electron chi connectivity index (χ4n) is 2.68. The van der Waals surface area contributed by atoms with E-state index in [-0.39, 0.29) is 11.8 Å². The minimum absolute atomic E-state index is 0.138. The van der Waals surface area contributed by atoms with Gasteiger partial charge in [-0.25, -0.2) is 13.6 Å². The maximum Gasteiger partial charge on any atom is 0.213 e. The van der Waals surface area contributed by atoms with Crippen molar-refractivity contribution in [1.29, 1.82) is 0 Å². The molecule has 5 nitrogen and oxygen atoms in total. The normalized spacial score (nSPS) is 17.5. The van der Waals surface area contributed by atoms with E-state index in [0.29, 0.717) is 5.56 Å². The number of aryl methyl sites for hydroxylation is 1. The lowest BCUT2D eigenvalue weighted by Gasteiger charge is -2.15. The maximum absolute atomic E-state index is 11.1. The van der Waals surface area contributed by atoms with Crippen molar-refractivity contribution >= 4 is 15.7 Å². The van der Waals surface area contributed by atoms with E-state index >= 15 is 0 Å². The van der Waals surface area contributed by atoms with Crippen molar-refractivity contribution < 1.29 is 8.42 Å². The molecule has 21 heavy (non-hydrogen) atoms. The fourth-order valence-corrected chi connectivity index (χ4v) is 3.34. The highest BCUT2D eigenvalue weighted by Crippen LogP contribution is 2.31. The van der Waals surface area contributed by atoms with Crippen LogP contribution in [0.15, 0.2) is 42.6 Å². The van der Waals surface area contributed by atoms with Gasteiger partial charge in [0.25, 0.3) is 0 Å². The second-order valence-electron chi connectivity index (χ2n) is 5.29. The lowest BCUT2D eigenvalue weighted by molar-refractivity contribution is 0.597. The van der Waals surface area contributed by atoms with Gasteiger partial charge >= 0.3 is 0 Å². The quantitative estimate of drug-likeness (QED) is 0.904. The van der Waals surface area contributed by atoms with Crippen LogP contribution in [0.1, 0.15) is 29.3 Å². The van der Waals surface area contributed by atoms with E-state index in [9.17, 15) is 8.42 Å². The van der Waals surface area contributed by atoms with Crippen LogP contribution in [0.5, 0.6) is 0 Å². The van der Waals surface area contributed by atoms with E-state index in [2.05, 4.69) is 16.4 Å². The second kappa shape index (κ2) is 5.46. The Labute approximate surface area is 124 Å². The highest BCUT2D eigenvalue weighted by atomic mass is 32.2. The Morgan fingerprint density at radius 1 is 1.24 bits per heavy atom. The number of rotatable bonds is 4. The Morgan fingerprint density at radius 3 is 2.71 bits per heavy atom. The summed E-state index contributed by atoms with van der Waals surface area (Å²) in [5.41, 5.74) is 4.04. The van der Waals surface area contributed by atoms with Crippen molar-refractivity contribution in [2.75, 3.05) is 5.32 Å². The molecule has 110 valence electrons. The van der Waals surface area contributed by atoms with Crippen LogP contribution in [-0.2, 0) is 22.2 Å². The zero-order chi connectivity index (χ0) is 14.9. The number of aromatic nitrogens is 1. The van der Waals surface area contributed by atoms with Crippen molar-refractivity contribution in [3.63, 3.8) is 0 Å². The summed E-state index contributed by atoms with van der Waals surface area (Å²) >= 11 is 0. The summed E-state index contributed by atoms with van der Waals surface area (Å²) in [6.07, 6.45) is 3.86. The number of nitrogens with zero attached hydrogens (tertiary/aromatic N) is 1. The maximum atomic E-state index is 11.1. The number of pyridine rings is 1. The van der Waals surface area contributed by atoms with Gasteiger partial charge in [-0.2, -0.15) is 0 Å². The highest BCUT2D eigenvalue weighted by Gasteiger charge is 2.23. The van der Waals surface area contributed by atoms with Crippen molar-refractivity contribution in [3.05, 3.63) is 59.4 Å². The lowest BCUT2D eigenvalue weighted by atomic mass is 10.2. The molecule has 1 heterocycles. The van der Waals surface area contributed by atoms with E-state index in [1.807, 2.05) is 24.4 Å². The zero-order valence-corrected chi connectivity index (χ0v) is 12.3.